The van der Waals surface area contributed by atoms with Gasteiger partial charge in [-0.2, -0.15) is 0 Å². The Morgan fingerprint density at radius 2 is 2.05 bits per heavy atom. The lowest BCUT2D eigenvalue weighted by atomic mass is 10.1. The van der Waals surface area contributed by atoms with Crippen LogP contribution in [0.25, 0.3) is 0 Å². The van der Waals surface area contributed by atoms with Gasteiger partial charge in [-0.25, -0.2) is 0 Å². The van der Waals surface area contributed by atoms with E-state index >= 15 is 0 Å². The van der Waals surface area contributed by atoms with Crippen LogP contribution in [0.1, 0.15) is 32.3 Å². The van der Waals surface area contributed by atoms with Crippen LogP contribution in [-0.2, 0) is 6.42 Å². The minimum atomic E-state index is 0.285. The highest BCUT2D eigenvalue weighted by atomic mass is 16.7. The summed E-state index contributed by atoms with van der Waals surface area (Å²) in [6.45, 7) is 6.01. The summed E-state index contributed by atoms with van der Waals surface area (Å²) in [5.41, 5.74) is 6.74. The summed E-state index contributed by atoms with van der Waals surface area (Å²) in [6.07, 6.45) is 3.15. The largest absolute Gasteiger partial charge is 0.493 e. The predicted molar refractivity (Wildman–Crippen MR) is 74.9 cm³/mol. The Kier molecular flexibility index (Phi) is 4.91. The van der Waals surface area contributed by atoms with Crippen molar-refractivity contribution >= 4 is 0 Å². The molecule has 1 aliphatic heterocycles. The molecule has 0 spiro atoms. The van der Waals surface area contributed by atoms with E-state index in [1.807, 2.05) is 12.1 Å². The molecule has 19 heavy (non-hydrogen) atoms. The maximum absolute atomic E-state index is 5.94. The maximum Gasteiger partial charge on any atom is 0.231 e. The Labute approximate surface area is 114 Å². The van der Waals surface area contributed by atoms with Crippen molar-refractivity contribution in [2.75, 3.05) is 19.9 Å². The van der Waals surface area contributed by atoms with Crippen LogP contribution in [-0.4, -0.2) is 19.9 Å². The van der Waals surface area contributed by atoms with E-state index in [1.54, 1.807) is 0 Å². The quantitative estimate of drug-likeness (QED) is 0.823. The van der Waals surface area contributed by atoms with Crippen molar-refractivity contribution in [3.63, 3.8) is 0 Å². The van der Waals surface area contributed by atoms with E-state index in [0.717, 1.165) is 35.8 Å². The Bertz CT molecular complexity index is 420. The molecule has 1 atom stereocenters. The molecule has 1 aromatic carbocycles. The summed E-state index contributed by atoms with van der Waals surface area (Å²) in [4.78, 5) is 0. The Morgan fingerprint density at radius 3 is 2.74 bits per heavy atom. The average molecular weight is 265 g/mol. The molecule has 106 valence electrons. The molecule has 4 heteroatoms. The van der Waals surface area contributed by atoms with E-state index in [-0.39, 0.29) is 6.79 Å². The molecule has 0 radical (unpaired) electrons. The van der Waals surface area contributed by atoms with Crippen LogP contribution in [0, 0.1) is 5.92 Å². The standard InChI is InChI=1S/C15H23NO3/c1-3-4-11(2)9-17-13-8-15-14(18-10-19-15)7-12(13)5-6-16/h7-8,11H,3-6,9-10,16H2,1-2H3. The molecule has 4 nitrogen and oxygen atoms in total. The van der Waals surface area contributed by atoms with Crippen molar-refractivity contribution in [3.8, 4) is 17.2 Å². The number of benzene rings is 1. The molecule has 0 saturated carbocycles. The number of fused-ring (bicyclic) bond motifs is 1. The minimum absolute atomic E-state index is 0.285. The zero-order valence-electron chi connectivity index (χ0n) is 11.8. The van der Waals surface area contributed by atoms with Gasteiger partial charge in [0.2, 0.25) is 6.79 Å². The summed E-state index contributed by atoms with van der Waals surface area (Å²) in [7, 11) is 0. The molecule has 1 aromatic rings. The normalized spacial score (nSPS) is 14.5. The summed E-state index contributed by atoms with van der Waals surface area (Å²) in [5, 5.41) is 0. The fourth-order valence-corrected chi connectivity index (χ4v) is 2.26. The number of ether oxygens (including phenoxy) is 3. The van der Waals surface area contributed by atoms with Crippen LogP contribution in [0.15, 0.2) is 12.1 Å². The molecule has 0 aromatic heterocycles. The third-order valence-corrected chi connectivity index (χ3v) is 3.27. The first-order chi connectivity index (χ1) is 9.24. The smallest absolute Gasteiger partial charge is 0.231 e. The van der Waals surface area contributed by atoms with Gasteiger partial charge < -0.3 is 19.9 Å². The van der Waals surface area contributed by atoms with Gasteiger partial charge in [0.1, 0.15) is 5.75 Å². The molecule has 2 N–H and O–H groups in total. The van der Waals surface area contributed by atoms with E-state index in [9.17, 15) is 0 Å². The van der Waals surface area contributed by atoms with Crippen molar-refractivity contribution in [1.29, 1.82) is 0 Å². The lowest BCUT2D eigenvalue weighted by molar-refractivity contribution is 0.173. The summed E-state index contributed by atoms with van der Waals surface area (Å²) in [5.74, 6) is 2.98. The van der Waals surface area contributed by atoms with Gasteiger partial charge in [-0.1, -0.05) is 20.3 Å². The molecule has 1 aliphatic rings. The van der Waals surface area contributed by atoms with Crippen LogP contribution in [0.4, 0.5) is 0 Å². The average Bonchev–Trinajstić information content (AvgIpc) is 2.84. The van der Waals surface area contributed by atoms with E-state index in [4.69, 9.17) is 19.9 Å². The SMILES string of the molecule is CCCC(C)COc1cc2c(cc1CCN)OCO2. The van der Waals surface area contributed by atoms with Gasteiger partial charge >= 0.3 is 0 Å². The molecule has 0 fully saturated rings. The van der Waals surface area contributed by atoms with E-state index in [0.29, 0.717) is 12.5 Å². The molecule has 1 unspecified atom stereocenters. The molecular weight excluding hydrogens is 242 g/mol. The van der Waals surface area contributed by atoms with Crippen LogP contribution in [0.3, 0.4) is 0 Å². The van der Waals surface area contributed by atoms with Crippen LogP contribution < -0.4 is 19.9 Å². The van der Waals surface area contributed by atoms with E-state index in [1.165, 1.54) is 12.8 Å². The zero-order valence-corrected chi connectivity index (χ0v) is 11.8. The monoisotopic (exact) mass is 265 g/mol. The van der Waals surface area contributed by atoms with Gasteiger partial charge in [-0.3, -0.25) is 0 Å². The van der Waals surface area contributed by atoms with Crippen LogP contribution in [0.5, 0.6) is 17.2 Å². The third-order valence-electron chi connectivity index (χ3n) is 3.27. The second-order valence-electron chi connectivity index (χ2n) is 5.06. The Morgan fingerprint density at radius 1 is 1.32 bits per heavy atom. The van der Waals surface area contributed by atoms with E-state index < -0.39 is 0 Å². The van der Waals surface area contributed by atoms with Gasteiger partial charge in [-0.15, -0.1) is 0 Å². The van der Waals surface area contributed by atoms with Gasteiger partial charge in [0.25, 0.3) is 0 Å². The lowest BCUT2D eigenvalue weighted by Crippen LogP contribution is -2.11. The van der Waals surface area contributed by atoms with Gasteiger partial charge in [0.15, 0.2) is 11.5 Å². The highest BCUT2D eigenvalue weighted by Crippen LogP contribution is 2.38. The molecular formula is C15H23NO3. The van der Waals surface area contributed by atoms with E-state index in [2.05, 4.69) is 13.8 Å². The molecule has 0 aliphatic carbocycles. The number of rotatable bonds is 7. The second-order valence-corrected chi connectivity index (χ2v) is 5.06. The maximum atomic E-state index is 5.94. The topological polar surface area (TPSA) is 53.7 Å². The first-order valence-corrected chi connectivity index (χ1v) is 7.00. The molecule has 1 heterocycles. The van der Waals surface area contributed by atoms with Crippen LogP contribution in [0.2, 0.25) is 0 Å². The van der Waals surface area contributed by atoms with Crippen molar-refractivity contribution in [2.45, 2.75) is 33.1 Å². The minimum Gasteiger partial charge on any atom is -0.493 e. The van der Waals surface area contributed by atoms with Crippen LogP contribution >= 0.6 is 0 Å². The van der Waals surface area contributed by atoms with Crippen molar-refractivity contribution in [1.82, 2.24) is 0 Å². The number of hydrogen-bond acceptors (Lipinski definition) is 4. The summed E-state index contributed by atoms with van der Waals surface area (Å²) >= 11 is 0. The Balaban J connectivity index is 2.09. The van der Waals surface area contributed by atoms with Gasteiger partial charge in [-0.05, 0) is 36.9 Å². The first-order valence-electron chi connectivity index (χ1n) is 7.00. The fraction of sp³-hybridized carbons (Fsp3) is 0.600. The third kappa shape index (κ3) is 3.53. The second kappa shape index (κ2) is 6.66. The lowest BCUT2D eigenvalue weighted by Gasteiger charge is -2.15. The number of nitrogens with two attached hydrogens (primary N) is 1. The molecule has 0 amide bonds. The van der Waals surface area contributed by atoms with Gasteiger partial charge in [0, 0.05) is 6.07 Å². The highest BCUT2D eigenvalue weighted by molar-refractivity contribution is 5.52. The summed E-state index contributed by atoms with van der Waals surface area (Å²) in [6, 6.07) is 3.90. The summed E-state index contributed by atoms with van der Waals surface area (Å²) < 4.78 is 16.7. The highest BCUT2D eigenvalue weighted by Gasteiger charge is 2.18. The Hall–Kier alpha value is -1.42. The zero-order chi connectivity index (χ0) is 13.7. The fourth-order valence-electron chi connectivity index (χ4n) is 2.26. The predicted octanol–water partition coefficient (Wildman–Crippen LogP) is 2.73. The molecule has 0 bridgehead atoms. The van der Waals surface area contributed by atoms with Gasteiger partial charge in [0.05, 0.1) is 6.61 Å². The molecule has 2 rings (SSSR count). The molecule has 0 saturated heterocycles. The van der Waals surface area contributed by atoms with Crippen molar-refractivity contribution in [3.05, 3.63) is 17.7 Å². The van der Waals surface area contributed by atoms with Crippen molar-refractivity contribution < 1.29 is 14.2 Å². The van der Waals surface area contributed by atoms with Crippen molar-refractivity contribution in [2.24, 2.45) is 11.7 Å². The number of hydrogen-bond donors (Lipinski definition) is 1. The first kappa shape index (κ1) is 14.0.